The molecule has 3 aromatic carbocycles. The van der Waals surface area contributed by atoms with E-state index in [9.17, 15) is 23.1 Å². The Hall–Kier alpha value is -3.60. The number of phenolic OH excluding ortho intramolecular Hbond substituents is 1. The van der Waals surface area contributed by atoms with E-state index in [0.717, 1.165) is 42.2 Å². The topological polar surface area (TPSA) is 90.6 Å². The summed E-state index contributed by atoms with van der Waals surface area (Å²) < 4.78 is 40.9. The molecular formula is C31H32BrF3N4O2. The molecule has 4 rings (SSSR count). The number of aromatic hydroxyl groups is 1. The summed E-state index contributed by atoms with van der Waals surface area (Å²) in [6.45, 7) is 4.17. The van der Waals surface area contributed by atoms with Crippen molar-refractivity contribution in [2.24, 2.45) is 11.7 Å². The van der Waals surface area contributed by atoms with E-state index in [4.69, 9.17) is 5.73 Å². The number of nitrogens with zero attached hydrogens (tertiary/aromatic N) is 1. The van der Waals surface area contributed by atoms with E-state index in [0.29, 0.717) is 21.8 Å². The van der Waals surface area contributed by atoms with Crippen molar-refractivity contribution in [3.8, 4) is 5.75 Å². The predicted octanol–water partition coefficient (Wildman–Crippen LogP) is 6.78. The number of amides is 1. The normalized spacial score (nSPS) is 14.4. The number of allylic oxidation sites excluding steroid dienone is 2. The Morgan fingerprint density at radius 2 is 1.85 bits per heavy atom. The fraction of sp³-hybridized carbons (Fsp3) is 0.258. The van der Waals surface area contributed by atoms with Crippen molar-refractivity contribution in [1.29, 1.82) is 0 Å². The first-order valence-electron chi connectivity index (χ1n) is 13.1. The van der Waals surface area contributed by atoms with E-state index in [-0.39, 0.29) is 24.0 Å². The van der Waals surface area contributed by atoms with E-state index in [1.165, 1.54) is 11.9 Å². The number of rotatable bonds is 11. The van der Waals surface area contributed by atoms with Crippen LogP contribution >= 0.6 is 15.9 Å². The number of nitrogens with two attached hydrogens (primary N) is 1. The first kappa shape index (κ1) is 30.4. The maximum atomic E-state index is 13.5. The first-order valence-corrected chi connectivity index (χ1v) is 13.9. The lowest BCUT2D eigenvalue weighted by molar-refractivity contribution is -0.112. The molecule has 41 heavy (non-hydrogen) atoms. The van der Waals surface area contributed by atoms with Gasteiger partial charge in [-0.3, -0.25) is 4.79 Å². The molecule has 1 unspecified atom stereocenters. The predicted molar refractivity (Wildman–Crippen MR) is 159 cm³/mol. The molecule has 0 aliphatic heterocycles. The molecular weight excluding hydrogens is 597 g/mol. The highest BCUT2D eigenvalue weighted by atomic mass is 79.9. The molecule has 0 bridgehead atoms. The molecule has 5 N–H and O–H groups in total. The van der Waals surface area contributed by atoms with Crippen molar-refractivity contribution in [3.63, 3.8) is 0 Å². The molecule has 10 heteroatoms. The smallest absolute Gasteiger partial charge is 0.415 e. The third-order valence-electron chi connectivity index (χ3n) is 6.89. The SMILES string of the molecule is C=C(/C=C(/C(=O)Nc1cccc(C(NCC2CC2)c2ccc(O)c(Br)c2)c1)N(C)c1cccc(CN)c1)C(F)(F)F. The van der Waals surface area contributed by atoms with Gasteiger partial charge in [-0.1, -0.05) is 36.9 Å². The van der Waals surface area contributed by atoms with E-state index in [2.05, 4.69) is 33.1 Å². The van der Waals surface area contributed by atoms with Crippen molar-refractivity contribution in [2.75, 3.05) is 23.8 Å². The molecule has 1 amide bonds. The van der Waals surface area contributed by atoms with Crippen LogP contribution in [-0.4, -0.2) is 30.8 Å². The lowest BCUT2D eigenvalue weighted by atomic mass is 9.97. The van der Waals surface area contributed by atoms with Crippen molar-refractivity contribution in [1.82, 2.24) is 5.32 Å². The minimum atomic E-state index is -4.70. The van der Waals surface area contributed by atoms with Crippen molar-refractivity contribution in [2.45, 2.75) is 31.6 Å². The van der Waals surface area contributed by atoms with Crippen LogP contribution in [0.4, 0.5) is 24.5 Å². The number of halogens is 4. The highest BCUT2D eigenvalue weighted by molar-refractivity contribution is 9.10. The van der Waals surface area contributed by atoms with Crippen LogP contribution in [0.15, 0.2) is 95.1 Å². The van der Waals surface area contributed by atoms with Gasteiger partial charge in [0, 0.05) is 25.0 Å². The van der Waals surface area contributed by atoms with E-state index >= 15 is 0 Å². The van der Waals surface area contributed by atoms with Gasteiger partial charge in [0.2, 0.25) is 0 Å². The lowest BCUT2D eigenvalue weighted by Gasteiger charge is -2.24. The summed E-state index contributed by atoms with van der Waals surface area (Å²) in [6.07, 6.45) is -1.64. The maximum Gasteiger partial charge on any atom is 0.415 e. The van der Waals surface area contributed by atoms with E-state index in [1.54, 1.807) is 48.5 Å². The largest absolute Gasteiger partial charge is 0.507 e. The molecule has 0 aromatic heterocycles. The number of anilines is 2. The Morgan fingerprint density at radius 3 is 2.51 bits per heavy atom. The number of likely N-dealkylation sites (N-methyl/N-ethyl adjacent to an activating group) is 1. The molecule has 1 aliphatic carbocycles. The Bertz CT molecular complexity index is 1450. The van der Waals surface area contributed by atoms with Gasteiger partial charge in [-0.15, -0.1) is 0 Å². The lowest BCUT2D eigenvalue weighted by Crippen LogP contribution is -2.29. The molecule has 1 atom stereocenters. The number of benzene rings is 3. The number of hydrogen-bond donors (Lipinski definition) is 4. The number of carbonyl (C=O) groups excluding carboxylic acids is 1. The average Bonchev–Trinajstić information content (AvgIpc) is 3.77. The fourth-order valence-electron chi connectivity index (χ4n) is 4.32. The van der Waals surface area contributed by atoms with Crippen molar-refractivity contribution < 1.29 is 23.1 Å². The zero-order valence-electron chi connectivity index (χ0n) is 22.5. The average molecular weight is 630 g/mol. The standard InChI is InChI=1S/C31H32BrF3N4O2/c1-19(31(33,34)35)13-27(39(2)25-8-3-5-21(14-25)17-36)30(41)38-24-7-4-6-22(15-24)29(37-18-20-9-10-20)23-11-12-28(40)26(32)16-23/h3-8,11-16,20,29,37,40H,1,9-10,17-18,36H2,2H3,(H,38,41)/b27-13-. The third kappa shape index (κ3) is 8.00. The second-order valence-corrected chi connectivity index (χ2v) is 10.9. The fourth-order valence-corrected chi connectivity index (χ4v) is 4.72. The quantitative estimate of drug-likeness (QED) is 0.139. The number of nitrogens with one attached hydrogen (secondary N) is 2. The number of phenols is 1. The van der Waals surface area contributed by atoms with Gasteiger partial charge in [-0.2, -0.15) is 13.2 Å². The van der Waals surface area contributed by atoms with Crippen LogP contribution in [0.25, 0.3) is 0 Å². The summed E-state index contributed by atoms with van der Waals surface area (Å²) in [5.41, 5.74) is 7.77. The van der Waals surface area contributed by atoms with Gasteiger partial charge in [0.15, 0.2) is 0 Å². The zero-order chi connectivity index (χ0) is 29.7. The number of alkyl halides is 3. The molecule has 3 aromatic rings. The third-order valence-corrected chi connectivity index (χ3v) is 7.53. The molecule has 0 heterocycles. The van der Waals surface area contributed by atoms with E-state index in [1.807, 2.05) is 18.2 Å². The van der Waals surface area contributed by atoms with Gasteiger partial charge in [0.05, 0.1) is 16.1 Å². The second kappa shape index (κ2) is 12.9. The van der Waals surface area contributed by atoms with Crippen LogP contribution in [0.2, 0.25) is 0 Å². The summed E-state index contributed by atoms with van der Waals surface area (Å²) in [7, 11) is 1.52. The van der Waals surface area contributed by atoms with Gasteiger partial charge < -0.3 is 26.4 Å². The molecule has 0 saturated heterocycles. The van der Waals surface area contributed by atoms with E-state index < -0.39 is 17.7 Å². The van der Waals surface area contributed by atoms with Gasteiger partial charge in [-0.25, -0.2) is 0 Å². The maximum absolute atomic E-state index is 13.5. The Labute approximate surface area is 245 Å². The van der Waals surface area contributed by atoms with Crippen molar-refractivity contribution >= 4 is 33.2 Å². The van der Waals surface area contributed by atoms with Crippen LogP contribution in [0.5, 0.6) is 5.75 Å². The van der Waals surface area contributed by atoms with Crippen LogP contribution in [-0.2, 0) is 11.3 Å². The highest BCUT2D eigenvalue weighted by Crippen LogP contribution is 2.34. The monoisotopic (exact) mass is 628 g/mol. The van der Waals surface area contributed by atoms with Crippen LogP contribution in [0.3, 0.4) is 0 Å². The van der Waals surface area contributed by atoms with Gasteiger partial charge in [0.25, 0.3) is 5.91 Å². The molecule has 216 valence electrons. The first-order chi connectivity index (χ1) is 19.5. The summed E-state index contributed by atoms with van der Waals surface area (Å²) in [5.74, 6) is -0.0108. The summed E-state index contributed by atoms with van der Waals surface area (Å²) in [6, 6.07) is 19.1. The molecule has 1 saturated carbocycles. The summed E-state index contributed by atoms with van der Waals surface area (Å²) >= 11 is 3.38. The Balaban J connectivity index is 1.64. The van der Waals surface area contributed by atoms with Crippen LogP contribution in [0, 0.1) is 5.92 Å². The number of carbonyl (C=O) groups is 1. The van der Waals surface area contributed by atoms with Crippen LogP contribution in [0.1, 0.15) is 35.6 Å². The van der Waals surface area contributed by atoms with Gasteiger partial charge in [-0.05, 0) is 100 Å². The minimum Gasteiger partial charge on any atom is -0.507 e. The highest BCUT2D eigenvalue weighted by Gasteiger charge is 2.32. The van der Waals surface area contributed by atoms with Crippen LogP contribution < -0.4 is 21.3 Å². The molecule has 1 fully saturated rings. The van der Waals surface area contributed by atoms with Crippen molar-refractivity contribution in [3.05, 3.63) is 112 Å². The molecule has 1 aliphatic rings. The summed E-state index contributed by atoms with van der Waals surface area (Å²) in [4.78, 5) is 14.9. The summed E-state index contributed by atoms with van der Waals surface area (Å²) in [5, 5.41) is 16.3. The number of hydrogen-bond acceptors (Lipinski definition) is 5. The Morgan fingerprint density at radius 1 is 1.15 bits per heavy atom. The van der Waals surface area contributed by atoms with Gasteiger partial charge in [0.1, 0.15) is 11.4 Å². The molecule has 6 nitrogen and oxygen atoms in total. The molecule has 0 spiro atoms. The Kier molecular flexibility index (Phi) is 9.57. The second-order valence-electron chi connectivity index (χ2n) is 10.1. The molecule has 0 radical (unpaired) electrons. The zero-order valence-corrected chi connectivity index (χ0v) is 24.1. The minimum absolute atomic E-state index is 0.122. The van der Waals surface area contributed by atoms with Gasteiger partial charge >= 0.3 is 6.18 Å².